The average molecular weight is 525 g/mol. The van der Waals surface area contributed by atoms with E-state index in [1.54, 1.807) is 72.8 Å². The van der Waals surface area contributed by atoms with Crippen molar-refractivity contribution in [1.82, 2.24) is 10.2 Å². The second-order valence-corrected chi connectivity index (χ2v) is 8.86. The van der Waals surface area contributed by atoms with Crippen molar-refractivity contribution < 1.29 is 19.5 Å². The van der Waals surface area contributed by atoms with Gasteiger partial charge in [-0.15, -0.1) is 6.58 Å². The van der Waals surface area contributed by atoms with Gasteiger partial charge in [0.2, 0.25) is 0 Å². The third-order valence-electron chi connectivity index (χ3n) is 5.58. The van der Waals surface area contributed by atoms with Crippen molar-refractivity contribution in [3.8, 4) is 11.1 Å². The first kappa shape index (κ1) is 27.0. The molecule has 6 nitrogen and oxygen atoms in total. The number of aliphatic carboxylic acids is 1. The molecule has 0 saturated carbocycles. The summed E-state index contributed by atoms with van der Waals surface area (Å²) in [6.07, 6.45) is 1.80. The van der Waals surface area contributed by atoms with Crippen LogP contribution in [0.5, 0.6) is 0 Å². The van der Waals surface area contributed by atoms with E-state index in [9.17, 15) is 19.5 Å². The Hall–Kier alpha value is -3.61. The maximum Gasteiger partial charge on any atom is 0.305 e. The monoisotopic (exact) mass is 524 g/mol. The van der Waals surface area contributed by atoms with Crippen LogP contribution in [0.1, 0.15) is 32.7 Å². The summed E-state index contributed by atoms with van der Waals surface area (Å²) in [7, 11) is 0. The molecule has 0 aliphatic heterocycles. The summed E-state index contributed by atoms with van der Waals surface area (Å²) in [4.78, 5) is 39.3. The third-order valence-corrected chi connectivity index (χ3v) is 6.16. The number of benzene rings is 3. The number of carboxylic acids is 1. The van der Waals surface area contributed by atoms with Gasteiger partial charge in [0.05, 0.1) is 6.42 Å². The highest BCUT2D eigenvalue weighted by molar-refractivity contribution is 6.35. The Morgan fingerprint density at radius 2 is 1.56 bits per heavy atom. The molecule has 3 aromatic rings. The number of nitrogens with zero attached hydrogens (tertiary/aromatic N) is 1. The molecule has 0 unspecified atom stereocenters. The molecule has 8 heteroatoms. The predicted molar refractivity (Wildman–Crippen MR) is 143 cm³/mol. The zero-order valence-electron chi connectivity index (χ0n) is 19.5. The van der Waals surface area contributed by atoms with E-state index in [2.05, 4.69) is 11.9 Å². The summed E-state index contributed by atoms with van der Waals surface area (Å²) >= 11 is 12.3. The van der Waals surface area contributed by atoms with E-state index < -0.39 is 5.97 Å². The lowest BCUT2D eigenvalue weighted by Gasteiger charge is -2.24. The van der Waals surface area contributed by atoms with E-state index in [4.69, 9.17) is 23.2 Å². The number of amides is 2. The zero-order valence-corrected chi connectivity index (χ0v) is 21.1. The van der Waals surface area contributed by atoms with Crippen LogP contribution >= 0.6 is 23.2 Å². The number of halogens is 2. The van der Waals surface area contributed by atoms with Crippen LogP contribution in [0, 0.1) is 0 Å². The van der Waals surface area contributed by atoms with E-state index in [1.807, 2.05) is 0 Å². The molecule has 0 saturated heterocycles. The highest BCUT2D eigenvalue weighted by atomic mass is 35.5. The molecule has 3 rings (SSSR count). The molecule has 3 aromatic carbocycles. The molecule has 0 radical (unpaired) electrons. The quantitative estimate of drug-likeness (QED) is 0.313. The first-order valence-electron chi connectivity index (χ1n) is 11.3. The van der Waals surface area contributed by atoms with Gasteiger partial charge in [-0.2, -0.15) is 0 Å². The van der Waals surface area contributed by atoms with Crippen molar-refractivity contribution in [2.24, 2.45) is 0 Å². The summed E-state index contributed by atoms with van der Waals surface area (Å²) < 4.78 is 0. The van der Waals surface area contributed by atoms with Gasteiger partial charge in [-0.05, 0) is 47.4 Å². The number of carbonyl (C=O) groups is 3. The van der Waals surface area contributed by atoms with Crippen molar-refractivity contribution in [3.05, 3.63) is 106 Å². The van der Waals surface area contributed by atoms with Gasteiger partial charge in [-0.25, -0.2) is 0 Å². The molecule has 0 aromatic heterocycles. The molecule has 0 atom stereocenters. The molecule has 0 aliphatic rings. The van der Waals surface area contributed by atoms with Gasteiger partial charge in [0.15, 0.2) is 0 Å². The number of carbonyl (C=O) groups excluding carboxylic acids is 2. The summed E-state index contributed by atoms with van der Waals surface area (Å²) in [5, 5.41) is 13.0. The largest absolute Gasteiger partial charge is 0.481 e. The minimum atomic E-state index is -1.00. The van der Waals surface area contributed by atoms with Crippen LogP contribution in [0.3, 0.4) is 0 Å². The molecule has 0 bridgehead atoms. The fourth-order valence-electron chi connectivity index (χ4n) is 3.78. The summed E-state index contributed by atoms with van der Waals surface area (Å²) in [5.41, 5.74) is 2.77. The molecule has 0 aliphatic carbocycles. The van der Waals surface area contributed by atoms with Crippen LogP contribution in [-0.4, -0.2) is 47.4 Å². The molecule has 0 heterocycles. The molecule has 0 fully saturated rings. The molecule has 2 amide bonds. The molecule has 0 spiro atoms. The summed E-state index contributed by atoms with van der Waals surface area (Å²) in [6.45, 7) is 4.21. The standard InChI is InChI=1S/C28H26Cl2N2O4/c1-2-15-31-27(35)23-9-5-3-7-21(23)22-8-4-6-10-24(22)28(36)32(17-14-26(33)34)16-13-19-11-12-20(29)18-25(19)30/h2-12,18H,1,13-17H2,(H,31,35)(H,33,34). The number of carboxylic acid groups (broad SMARTS) is 1. The minimum absolute atomic E-state index is 0.0230. The first-order valence-corrected chi connectivity index (χ1v) is 12.1. The second kappa shape index (κ2) is 12.9. The van der Waals surface area contributed by atoms with Crippen molar-refractivity contribution in [2.75, 3.05) is 19.6 Å². The lowest BCUT2D eigenvalue weighted by molar-refractivity contribution is -0.137. The molecule has 186 valence electrons. The average Bonchev–Trinajstić information content (AvgIpc) is 2.87. The van der Waals surface area contributed by atoms with Crippen LogP contribution < -0.4 is 5.32 Å². The predicted octanol–water partition coefficient (Wildman–Crippen LogP) is 5.74. The Morgan fingerprint density at radius 3 is 2.19 bits per heavy atom. The normalized spacial score (nSPS) is 10.5. The Labute approximate surface area is 220 Å². The van der Waals surface area contributed by atoms with Gasteiger partial charge in [-0.1, -0.05) is 71.7 Å². The lowest BCUT2D eigenvalue weighted by Crippen LogP contribution is -2.35. The van der Waals surface area contributed by atoms with Crippen molar-refractivity contribution in [3.63, 3.8) is 0 Å². The fraction of sp³-hybridized carbons (Fsp3) is 0.179. The van der Waals surface area contributed by atoms with E-state index in [-0.39, 0.29) is 31.3 Å². The zero-order chi connectivity index (χ0) is 26.1. The van der Waals surface area contributed by atoms with Gasteiger partial charge < -0.3 is 15.3 Å². The number of nitrogens with one attached hydrogen (secondary N) is 1. The smallest absolute Gasteiger partial charge is 0.305 e. The van der Waals surface area contributed by atoms with Gasteiger partial charge >= 0.3 is 5.97 Å². The molecule has 36 heavy (non-hydrogen) atoms. The molecular formula is C28H26Cl2N2O4. The van der Waals surface area contributed by atoms with E-state index in [0.717, 1.165) is 5.56 Å². The highest BCUT2D eigenvalue weighted by Crippen LogP contribution is 2.29. The lowest BCUT2D eigenvalue weighted by atomic mass is 9.94. The van der Waals surface area contributed by atoms with E-state index in [0.29, 0.717) is 45.3 Å². The second-order valence-electron chi connectivity index (χ2n) is 8.01. The van der Waals surface area contributed by atoms with Gasteiger partial charge in [-0.3, -0.25) is 14.4 Å². The van der Waals surface area contributed by atoms with E-state index in [1.165, 1.54) is 4.90 Å². The van der Waals surface area contributed by atoms with E-state index >= 15 is 0 Å². The number of rotatable bonds is 11. The highest BCUT2D eigenvalue weighted by Gasteiger charge is 2.22. The van der Waals surface area contributed by atoms with Crippen molar-refractivity contribution in [1.29, 1.82) is 0 Å². The number of hydrogen-bond donors (Lipinski definition) is 2. The Morgan fingerprint density at radius 1 is 0.917 bits per heavy atom. The van der Waals surface area contributed by atoms with Gasteiger partial charge in [0, 0.05) is 40.8 Å². The number of hydrogen-bond acceptors (Lipinski definition) is 3. The van der Waals surface area contributed by atoms with Crippen molar-refractivity contribution >= 4 is 41.0 Å². The SMILES string of the molecule is C=CCNC(=O)c1ccccc1-c1ccccc1C(=O)N(CCC(=O)O)CCc1ccc(Cl)cc1Cl. The Balaban J connectivity index is 1.95. The third kappa shape index (κ3) is 6.97. The van der Waals surface area contributed by atoms with Crippen LogP contribution in [-0.2, 0) is 11.2 Å². The van der Waals surface area contributed by atoms with Gasteiger partial charge in [0.25, 0.3) is 11.8 Å². The Kier molecular flexibility index (Phi) is 9.68. The maximum absolute atomic E-state index is 13.7. The summed E-state index contributed by atoms with van der Waals surface area (Å²) in [5.74, 6) is -1.62. The minimum Gasteiger partial charge on any atom is -0.481 e. The van der Waals surface area contributed by atoms with Crippen LogP contribution in [0.4, 0.5) is 0 Å². The van der Waals surface area contributed by atoms with Crippen LogP contribution in [0.15, 0.2) is 79.4 Å². The molecule has 2 N–H and O–H groups in total. The Bertz CT molecular complexity index is 1280. The van der Waals surface area contributed by atoms with Gasteiger partial charge in [0.1, 0.15) is 0 Å². The van der Waals surface area contributed by atoms with Crippen LogP contribution in [0.25, 0.3) is 11.1 Å². The summed E-state index contributed by atoms with van der Waals surface area (Å²) in [6, 6.07) is 19.2. The molecular weight excluding hydrogens is 499 g/mol. The first-order chi connectivity index (χ1) is 17.3. The van der Waals surface area contributed by atoms with Crippen LogP contribution in [0.2, 0.25) is 10.0 Å². The topological polar surface area (TPSA) is 86.7 Å². The fourth-order valence-corrected chi connectivity index (χ4v) is 4.28. The maximum atomic E-state index is 13.7. The van der Waals surface area contributed by atoms with Crippen molar-refractivity contribution in [2.45, 2.75) is 12.8 Å².